The van der Waals surface area contributed by atoms with Crippen molar-refractivity contribution in [1.29, 1.82) is 0 Å². The lowest BCUT2D eigenvalue weighted by Gasteiger charge is -2.18. The van der Waals surface area contributed by atoms with Gasteiger partial charge in [0, 0.05) is 5.92 Å². The van der Waals surface area contributed by atoms with Gasteiger partial charge in [-0.3, -0.25) is 0 Å². The lowest BCUT2D eigenvalue weighted by Crippen LogP contribution is -2.17. The Kier molecular flexibility index (Phi) is 20.1. The number of allylic oxidation sites excluding steroid dienone is 1. The molecule has 0 N–H and O–H groups in total. The van der Waals surface area contributed by atoms with E-state index in [2.05, 4.69) is 37.0 Å². The molecule has 0 saturated heterocycles. The first-order chi connectivity index (χ1) is 15.8. The quantitative estimate of drug-likeness (QED) is 0.0844. The summed E-state index contributed by atoms with van der Waals surface area (Å²) in [4.78, 5) is 19.5. The van der Waals surface area contributed by atoms with Gasteiger partial charge in [-0.1, -0.05) is 65.2 Å². The Labute approximate surface area is 191 Å². The van der Waals surface area contributed by atoms with Crippen molar-refractivity contribution >= 4 is 0 Å². The van der Waals surface area contributed by atoms with Crippen LogP contribution in [0.4, 0.5) is 0 Å². The van der Waals surface area contributed by atoms with Crippen LogP contribution in [0.1, 0.15) is 90.9 Å². The largest absolute Gasteiger partial charge is 0.378 e. The molecule has 1 rings (SSSR count). The Hall–Kier alpha value is -0.820. The van der Waals surface area contributed by atoms with Gasteiger partial charge in [0.1, 0.15) is 12.4 Å². The van der Waals surface area contributed by atoms with E-state index >= 15 is 0 Å². The van der Waals surface area contributed by atoms with Crippen LogP contribution < -0.4 is 0 Å². The molecule has 0 bridgehead atoms. The molecule has 1 aliphatic carbocycles. The standard InChI is InChI=1S/C22H42O10/c1-4-5-6-7-8-9-13-16-22(27-28-23-3)20(2)19-24-17-18-25-29-31-32-30-26-21-14-11-10-12-15-21/h16,20-21H,4-15,17-19H2,1-3H3. The third-order valence-electron chi connectivity index (χ3n) is 5.13. The third-order valence-corrected chi connectivity index (χ3v) is 5.13. The highest BCUT2D eigenvalue weighted by Crippen LogP contribution is 2.20. The maximum absolute atomic E-state index is 5.56. The molecule has 10 nitrogen and oxygen atoms in total. The minimum atomic E-state index is -0.0175. The van der Waals surface area contributed by atoms with E-state index in [9.17, 15) is 0 Å². The zero-order chi connectivity index (χ0) is 23.1. The third kappa shape index (κ3) is 16.8. The van der Waals surface area contributed by atoms with Crippen LogP contribution >= 0.6 is 0 Å². The molecule has 190 valence electrons. The van der Waals surface area contributed by atoms with Gasteiger partial charge in [0.2, 0.25) is 0 Å². The Morgan fingerprint density at radius 3 is 2.41 bits per heavy atom. The second-order valence-electron chi connectivity index (χ2n) is 7.91. The first-order valence-electron chi connectivity index (χ1n) is 11.9. The summed E-state index contributed by atoms with van der Waals surface area (Å²) in [6.45, 7) is 5.02. The minimum absolute atomic E-state index is 0.0175. The van der Waals surface area contributed by atoms with E-state index in [1.165, 1.54) is 45.6 Å². The van der Waals surface area contributed by atoms with Crippen LogP contribution in [0.5, 0.6) is 0 Å². The summed E-state index contributed by atoms with van der Waals surface area (Å²) >= 11 is 0. The fourth-order valence-corrected chi connectivity index (χ4v) is 3.30. The molecule has 0 aromatic rings. The van der Waals surface area contributed by atoms with Gasteiger partial charge >= 0.3 is 0 Å². The summed E-state index contributed by atoms with van der Waals surface area (Å²) in [5.74, 6) is 0.653. The highest BCUT2D eigenvalue weighted by Gasteiger charge is 2.15. The molecule has 1 aliphatic rings. The van der Waals surface area contributed by atoms with Crippen molar-refractivity contribution < 1.29 is 49.5 Å². The number of hydrogen-bond acceptors (Lipinski definition) is 10. The summed E-state index contributed by atoms with van der Waals surface area (Å²) in [5, 5.41) is 21.9. The number of ether oxygens (including phenoxy) is 1. The summed E-state index contributed by atoms with van der Waals surface area (Å²) in [6, 6.07) is 0. The summed E-state index contributed by atoms with van der Waals surface area (Å²) in [6.07, 6.45) is 15.7. The number of hydrogen-bond donors (Lipinski definition) is 0. The van der Waals surface area contributed by atoms with Crippen molar-refractivity contribution in [1.82, 2.24) is 0 Å². The van der Waals surface area contributed by atoms with Crippen LogP contribution in [-0.4, -0.2) is 33.0 Å². The molecule has 0 heterocycles. The Balaban J connectivity index is 2.01. The second kappa shape index (κ2) is 22.0. The highest BCUT2D eigenvalue weighted by atomic mass is 17.8. The van der Waals surface area contributed by atoms with E-state index < -0.39 is 0 Å². The predicted molar refractivity (Wildman–Crippen MR) is 113 cm³/mol. The Morgan fingerprint density at radius 1 is 0.875 bits per heavy atom. The van der Waals surface area contributed by atoms with E-state index in [-0.39, 0.29) is 25.2 Å². The van der Waals surface area contributed by atoms with Crippen molar-refractivity contribution in [3.63, 3.8) is 0 Å². The molecule has 0 aromatic carbocycles. The fraction of sp³-hybridized carbons (Fsp3) is 0.909. The molecule has 1 atom stereocenters. The van der Waals surface area contributed by atoms with Gasteiger partial charge in [-0.2, -0.15) is 4.89 Å². The smallest absolute Gasteiger partial charge is 0.146 e. The number of rotatable bonds is 22. The van der Waals surface area contributed by atoms with E-state index in [1.54, 1.807) is 0 Å². The minimum Gasteiger partial charge on any atom is -0.378 e. The lowest BCUT2D eigenvalue weighted by molar-refractivity contribution is -0.760. The molecule has 0 aromatic heterocycles. The van der Waals surface area contributed by atoms with Crippen LogP contribution in [0, 0.1) is 5.92 Å². The van der Waals surface area contributed by atoms with E-state index in [0.29, 0.717) is 12.4 Å². The van der Waals surface area contributed by atoms with Gasteiger partial charge in [0.05, 0.1) is 26.4 Å². The average molecular weight is 467 g/mol. The molecule has 0 aliphatic heterocycles. The normalized spacial score (nSPS) is 16.4. The topological polar surface area (TPSA) is 92.3 Å². The first-order valence-corrected chi connectivity index (χ1v) is 11.9. The van der Waals surface area contributed by atoms with Crippen molar-refractivity contribution in [2.24, 2.45) is 5.92 Å². The van der Waals surface area contributed by atoms with Crippen molar-refractivity contribution in [2.45, 2.75) is 97.0 Å². The molecular formula is C22H42O10. The van der Waals surface area contributed by atoms with Gasteiger partial charge in [0.15, 0.2) is 0 Å². The van der Waals surface area contributed by atoms with E-state index in [0.717, 1.165) is 38.5 Å². The van der Waals surface area contributed by atoms with Crippen molar-refractivity contribution in [3.05, 3.63) is 11.8 Å². The molecule has 0 radical (unpaired) electrons. The maximum atomic E-state index is 5.56. The van der Waals surface area contributed by atoms with Crippen LogP contribution in [0.2, 0.25) is 0 Å². The number of unbranched alkanes of at least 4 members (excludes halogenated alkanes) is 6. The average Bonchev–Trinajstić information content (AvgIpc) is 2.82. The SMILES string of the molecule is CCCCCCCCC=C(OOOC)C(C)COCCOOOOOOC1CCCCC1. The van der Waals surface area contributed by atoms with Crippen LogP contribution in [-0.2, 0) is 49.5 Å². The van der Waals surface area contributed by atoms with Crippen LogP contribution in [0.25, 0.3) is 0 Å². The van der Waals surface area contributed by atoms with Gasteiger partial charge in [-0.05, 0) is 57.0 Å². The van der Waals surface area contributed by atoms with Gasteiger partial charge in [-0.15, -0.1) is 0 Å². The summed E-state index contributed by atoms with van der Waals surface area (Å²) < 4.78 is 5.56. The van der Waals surface area contributed by atoms with Crippen LogP contribution in [0.3, 0.4) is 0 Å². The van der Waals surface area contributed by atoms with Crippen LogP contribution in [0.15, 0.2) is 11.8 Å². The molecule has 0 spiro atoms. The molecule has 1 saturated carbocycles. The van der Waals surface area contributed by atoms with E-state index in [4.69, 9.17) is 19.4 Å². The fourth-order valence-electron chi connectivity index (χ4n) is 3.30. The zero-order valence-corrected chi connectivity index (χ0v) is 19.9. The predicted octanol–water partition coefficient (Wildman–Crippen LogP) is 5.79. The van der Waals surface area contributed by atoms with Crippen molar-refractivity contribution in [2.75, 3.05) is 26.9 Å². The molecule has 32 heavy (non-hydrogen) atoms. The van der Waals surface area contributed by atoms with Crippen molar-refractivity contribution in [3.8, 4) is 0 Å². The monoisotopic (exact) mass is 466 g/mol. The zero-order valence-electron chi connectivity index (χ0n) is 19.9. The maximum Gasteiger partial charge on any atom is 0.146 e. The Morgan fingerprint density at radius 2 is 1.62 bits per heavy atom. The molecule has 0 amide bonds. The molecule has 1 fully saturated rings. The van der Waals surface area contributed by atoms with E-state index in [1.807, 2.05) is 13.0 Å². The van der Waals surface area contributed by atoms with Gasteiger partial charge < -0.3 is 9.62 Å². The second-order valence-corrected chi connectivity index (χ2v) is 7.91. The molecule has 10 heteroatoms. The van der Waals surface area contributed by atoms with Gasteiger partial charge in [-0.25, -0.2) is 9.78 Å². The first kappa shape index (κ1) is 29.2. The Bertz CT molecular complexity index is 429. The summed E-state index contributed by atoms with van der Waals surface area (Å²) in [5.41, 5.74) is 0. The van der Waals surface area contributed by atoms with Gasteiger partial charge in [0.25, 0.3) is 0 Å². The molecule has 1 unspecified atom stereocenters. The highest BCUT2D eigenvalue weighted by molar-refractivity contribution is 4.96. The molecular weight excluding hydrogens is 424 g/mol. The summed E-state index contributed by atoms with van der Waals surface area (Å²) in [7, 11) is 1.39. The lowest BCUT2D eigenvalue weighted by atomic mass is 9.98.